The minimum absolute atomic E-state index is 0.0394. The Labute approximate surface area is 431 Å². The van der Waals surface area contributed by atoms with Crippen LogP contribution in [0.15, 0.2) is 75.7 Å². The number of carbonyl (C=O) groups is 4. The van der Waals surface area contributed by atoms with E-state index in [9.17, 15) is 19.2 Å². The van der Waals surface area contributed by atoms with Crippen LogP contribution in [-0.2, 0) is 46.5 Å². The van der Waals surface area contributed by atoms with Crippen molar-refractivity contribution in [2.45, 2.75) is 77.0 Å². The van der Waals surface area contributed by atoms with Crippen molar-refractivity contribution in [3.05, 3.63) is 93.6 Å². The normalized spacial score (nSPS) is 18.1. The first kappa shape index (κ1) is 54.5. The number of allylic oxidation sites excluding steroid dienone is 2. The number of benzene rings is 3. The number of hydrogen-bond acceptors (Lipinski definition) is 15. The third-order valence-corrected chi connectivity index (χ3v) is 14.2. The summed E-state index contributed by atoms with van der Waals surface area (Å²) in [5, 5.41) is 11.6. The summed E-state index contributed by atoms with van der Waals surface area (Å²) in [5.74, 6) is 0.607. The first-order valence-electron chi connectivity index (χ1n) is 24.6. The molecule has 18 nitrogen and oxygen atoms in total. The molecule has 4 heterocycles. The average molecular weight is 1030 g/mol. The van der Waals surface area contributed by atoms with Gasteiger partial charge in [0.1, 0.15) is 13.2 Å². The van der Waals surface area contributed by atoms with E-state index in [4.69, 9.17) is 53.0 Å². The van der Waals surface area contributed by atoms with Gasteiger partial charge in [-0.15, -0.1) is 11.8 Å². The average Bonchev–Trinajstić information content (AvgIpc) is 3.96. The Balaban J connectivity index is 0.995. The van der Waals surface area contributed by atoms with E-state index in [2.05, 4.69) is 43.4 Å². The van der Waals surface area contributed by atoms with Crippen LogP contribution in [0.5, 0.6) is 23.0 Å². The fourth-order valence-electron chi connectivity index (χ4n) is 8.69. The standard InChI is InChI=1S/C54H67N5O13S/c1-7-35-22-40-28-56-44-26-48(46(65-5)24-42(44)52(63)58(40)30-35)71-32-37-19-38(33-72-49-27-45-43(25-47(49)66-6)53(64)59-31-36(8-2)23-41(59)29-57-45)21-39(20-37)54(3,4)73-34-50(60)55-10-12-68-14-16-70-18-17-69-15-13-67-11-9-51(61)62/h7-8,19-21,24-29,40-41H,9-18,22-23,30-34H2,1-6H3,(H,55,60)(H,61,62)/t40-,41-/m0/s1. The smallest absolute Gasteiger partial charge is 0.305 e. The number of aliphatic imine (C=N–C) groups is 2. The molecule has 0 aliphatic carbocycles. The van der Waals surface area contributed by atoms with E-state index in [0.29, 0.717) is 111 Å². The van der Waals surface area contributed by atoms with Crippen LogP contribution in [0.1, 0.15) is 84.4 Å². The summed E-state index contributed by atoms with van der Waals surface area (Å²) in [6, 6.07) is 12.8. The molecule has 2 atom stereocenters. The molecule has 4 aliphatic rings. The van der Waals surface area contributed by atoms with Crippen LogP contribution in [0, 0.1) is 0 Å². The van der Waals surface area contributed by atoms with Crippen LogP contribution in [0.4, 0.5) is 11.4 Å². The van der Waals surface area contributed by atoms with Crippen molar-refractivity contribution in [3.8, 4) is 23.0 Å². The Morgan fingerprint density at radius 2 is 1.15 bits per heavy atom. The van der Waals surface area contributed by atoms with Gasteiger partial charge in [-0.3, -0.25) is 29.2 Å². The Bertz CT molecular complexity index is 2460. The van der Waals surface area contributed by atoms with Gasteiger partial charge < -0.3 is 58.1 Å². The van der Waals surface area contributed by atoms with Gasteiger partial charge in [-0.05, 0) is 75.4 Å². The zero-order chi connectivity index (χ0) is 51.9. The van der Waals surface area contributed by atoms with E-state index in [1.165, 1.54) is 22.9 Å². The lowest BCUT2D eigenvalue weighted by Gasteiger charge is -2.26. The highest BCUT2D eigenvalue weighted by molar-refractivity contribution is 8.00. The van der Waals surface area contributed by atoms with Crippen molar-refractivity contribution in [2.75, 3.05) is 92.5 Å². The second-order valence-electron chi connectivity index (χ2n) is 18.3. The minimum Gasteiger partial charge on any atom is -0.493 e. The number of aliphatic carboxylic acids is 1. The van der Waals surface area contributed by atoms with Gasteiger partial charge in [0.25, 0.3) is 11.8 Å². The molecule has 0 spiro atoms. The summed E-state index contributed by atoms with van der Waals surface area (Å²) < 4.78 is 45.7. The fraction of sp³-hybridized carbons (Fsp3) is 0.481. The largest absolute Gasteiger partial charge is 0.493 e. The topological polar surface area (TPSA) is 206 Å². The van der Waals surface area contributed by atoms with Crippen LogP contribution in [0.3, 0.4) is 0 Å². The van der Waals surface area contributed by atoms with Gasteiger partial charge in [0, 0.05) is 48.9 Å². The molecule has 3 amide bonds. The summed E-state index contributed by atoms with van der Waals surface area (Å²) in [5.41, 5.74) is 6.88. The molecule has 2 fully saturated rings. The highest BCUT2D eigenvalue weighted by atomic mass is 32.2. The van der Waals surface area contributed by atoms with Gasteiger partial charge in [-0.25, -0.2) is 0 Å². The Hall–Kier alpha value is -6.25. The van der Waals surface area contributed by atoms with Crippen LogP contribution < -0.4 is 24.3 Å². The minimum atomic E-state index is -0.901. The number of carboxylic acids is 1. The van der Waals surface area contributed by atoms with Crippen molar-refractivity contribution in [2.24, 2.45) is 9.98 Å². The summed E-state index contributed by atoms with van der Waals surface area (Å²) in [4.78, 5) is 64.3. The number of amides is 3. The molecule has 7 rings (SSSR count). The number of carbonyl (C=O) groups excluding carboxylic acids is 3. The number of rotatable bonds is 27. The third kappa shape index (κ3) is 14.5. The van der Waals surface area contributed by atoms with Gasteiger partial charge in [0.05, 0.1) is 114 Å². The van der Waals surface area contributed by atoms with E-state index in [1.54, 1.807) is 38.5 Å². The number of nitrogens with one attached hydrogen (secondary N) is 1. The van der Waals surface area contributed by atoms with E-state index in [1.807, 2.05) is 42.1 Å². The van der Waals surface area contributed by atoms with Crippen LogP contribution in [0.25, 0.3) is 0 Å². The lowest BCUT2D eigenvalue weighted by Crippen LogP contribution is -2.35. The third-order valence-electron chi connectivity index (χ3n) is 12.9. The first-order chi connectivity index (χ1) is 35.3. The number of fused-ring (bicyclic) bond motifs is 4. The van der Waals surface area contributed by atoms with Gasteiger partial charge >= 0.3 is 5.97 Å². The second-order valence-corrected chi connectivity index (χ2v) is 19.9. The zero-order valence-electron chi connectivity index (χ0n) is 42.6. The lowest BCUT2D eigenvalue weighted by atomic mass is 9.97. The molecule has 0 saturated carbocycles. The van der Waals surface area contributed by atoms with Gasteiger partial charge in [-0.1, -0.05) is 35.4 Å². The van der Waals surface area contributed by atoms with E-state index < -0.39 is 10.7 Å². The van der Waals surface area contributed by atoms with Gasteiger partial charge in [0.2, 0.25) is 5.91 Å². The van der Waals surface area contributed by atoms with E-state index in [-0.39, 0.29) is 61.8 Å². The van der Waals surface area contributed by atoms with Crippen LogP contribution in [-0.4, -0.2) is 156 Å². The van der Waals surface area contributed by atoms with Crippen molar-refractivity contribution < 1.29 is 62.2 Å². The van der Waals surface area contributed by atoms with Crippen LogP contribution >= 0.6 is 11.8 Å². The van der Waals surface area contributed by atoms with Crippen molar-refractivity contribution in [1.29, 1.82) is 0 Å². The SMILES string of the molecule is CC=C1C[C@H]2C=Nc3cc(OCc4cc(COc5cc6c(cc5OC)C(=O)N5CC(=CC)C[C@H]5C=N6)cc(C(C)(C)SCC(=O)NCCOCCOCCOCCOCCC(=O)O)c4)c(OC)cc3C(=O)N2C1. The molecule has 0 bridgehead atoms. The number of hydrogen-bond donors (Lipinski definition) is 2. The number of nitrogens with zero attached hydrogens (tertiary/aromatic N) is 4. The highest BCUT2D eigenvalue weighted by Crippen LogP contribution is 2.42. The molecule has 392 valence electrons. The highest BCUT2D eigenvalue weighted by Gasteiger charge is 2.36. The Kier molecular flexibility index (Phi) is 19.5. The van der Waals surface area contributed by atoms with Gasteiger partial charge in [-0.2, -0.15) is 0 Å². The molecule has 0 aromatic heterocycles. The number of carboxylic acid groups (broad SMARTS) is 1. The monoisotopic (exact) mass is 1030 g/mol. The summed E-state index contributed by atoms with van der Waals surface area (Å²) in [6.45, 7) is 12.4. The Morgan fingerprint density at radius 1 is 0.685 bits per heavy atom. The summed E-state index contributed by atoms with van der Waals surface area (Å²) >= 11 is 1.49. The molecule has 2 N–H and O–H groups in total. The predicted molar refractivity (Wildman–Crippen MR) is 278 cm³/mol. The quantitative estimate of drug-likeness (QED) is 0.0571. The molecular weight excluding hydrogens is 959 g/mol. The molecular formula is C54H67N5O13S. The van der Waals surface area contributed by atoms with E-state index >= 15 is 0 Å². The molecule has 3 aromatic rings. The number of thioether (sulfide) groups is 1. The maximum absolute atomic E-state index is 13.8. The molecule has 73 heavy (non-hydrogen) atoms. The summed E-state index contributed by atoms with van der Waals surface area (Å²) in [6.07, 6.45) is 9.23. The summed E-state index contributed by atoms with van der Waals surface area (Å²) in [7, 11) is 3.09. The Morgan fingerprint density at radius 3 is 1.60 bits per heavy atom. The lowest BCUT2D eigenvalue weighted by molar-refractivity contribution is -0.138. The van der Waals surface area contributed by atoms with Crippen molar-refractivity contribution in [3.63, 3.8) is 0 Å². The number of ether oxygens (including phenoxy) is 8. The molecule has 4 aliphatic heterocycles. The fourth-order valence-corrected chi connectivity index (χ4v) is 9.57. The molecule has 19 heteroatoms. The molecule has 3 aromatic carbocycles. The van der Waals surface area contributed by atoms with Crippen molar-refractivity contribution in [1.82, 2.24) is 15.1 Å². The molecule has 2 saturated heterocycles. The number of methoxy groups -OCH3 is 2. The second kappa shape index (κ2) is 26.1. The predicted octanol–water partition coefficient (Wildman–Crippen LogP) is 7.24. The maximum Gasteiger partial charge on any atom is 0.305 e. The molecule has 0 unspecified atom stereocenters. The zero-order valence-corrected chi connectivity index (χ0v) is 43.4. The van der Waals surface area contributed by atoms with Gasteiger partial charge in [0.15, 0.2) is 23.0 Å². The maximum atomic E-state index is 13.8. The van der Waals surface area contributed by atoms with Crippen molar-refractivity contribution >= 4 is 59.3 Å². The van der Waals surface area contributed by atoms with Crippen LogP contribution in [0.2, 0.25) is 0 Å². The molecule has 0 radical (unpaired) electrons. The van der Waals surface area contributed by atoms with E-state index in [0.717, 1.165) is 29.5 Å². The first-order valence-corrected chi connectivity index (χ1v) is 25.5.